The molecule has 114 valence electrons. The summed E-state index contributed by atoms with van der Waals surface area (Å²) in [6.07, 6.45) is 1.70. The van der Waals surface area contributed by atoms with Gasteiger partial charge in [-0.05, 0) is 23.8 Å². The lowest BCUT2D eigenvalue weighted by molar-refractivity contribution is -0.135. The van der Waals surface area contributed by atoms with Crippen LogP contribution in [0.4, 0.5) is 0 Å². The average molecular weight is 336 g/mol. The van der Waals surface area contributed by atoms with Crippen molar-refractivity contribution >= 4 is 52.2 Å². The summed E-state index contributed by atoms with van der Waals surface area (Å²) in [4.78, 5) is 35.9. The highest BCUT2D eigenvalue weighted by atomic mass is 32.2. The lowest BCUT2D eigenvalue weighted by Crippen LogP contribution is -2.29. The first-order valence-electron chi connectivity index (χ1n) is 6.20. The fourth-order valence-electron chi connectivity index (χ4n) is 1.69. The van der Waals surface area contributed by atoms with Crippen LogP contribution in [0.2, 0.25) is 0 Å². The highest BCUT2D eigenvalue weighted by molar-refractivity contribution is 8.26. The van der Waals surface area contributed by atoms with Gasteiger partial charge in [0, 0.05) is 12.6 Å². The van der Waals surface area contributed by atoms with Crippen LogP contribution in [0, 0.1) is 0 Å². The van der Waals surface area contributed by atoms with E-state index in [4.69, 9.17) is 17.3 Å². The molecule has 0 aliphatic carbocycles. The van der Waals surface area contributed by atoms with Crippen LogP contribution < -0.4 is 5.32 Å². The quantitative estimate of drug-likeness (QED) is 0.637. The Labute approximate surface area is 136 Å². The van der Waals surface area contributed by atoms with Crippen molar-refractivity contribution < 1.29 is 19.5 Å². The van der Waals surface area contributed by atoms with Gasteiger partial charge in [0.05, 0.1) is 4.91 Å². The Morgan fingerprint density at radius 3 is 2.50 bits per heavy atom. The normalized spacial score (nSPS) is 16.2. The average Bonchev–Trinajstić information content (AvgIpc) is 2.73. The monoisotopic (exact) mass is 336 g/mol. The number of nitrogens with zero attached hydrogens (tertiary/aromatic N) is 1. The zero-order valence-corrected chi connectivity index (χ0v) is 13.2. The van der Waals surface area contributed by atoms with Crippen LogP contribution in [-0.4, -0.2) is 45.7 Å². The van der Waals surface area contributed by atoms with Crippen LogP contribution >= 0.6 is 24.0 Å². The van der Waals surface area contributed by atoms with E-state index in [1.165, 1.54) is 16.7 Å². The Kier molecular flexibility index (Phi) is 4.94. The summed E-state index contributed by atoms with van der Waals surface area (Å²) in [7, 11) is 1.62. The van der Waals surface area contributed by atoms with Gasteiger partial charge in [-0.25, -0.2) is 0 Å². The van der Waals surface area contributed by atoms with Crippen molar-refractivity contribution in [3.05, 3.63) is 40.3 Å². The first kappa shape index (κ1) is 16.2. The molecule has 0 spiro atoms. The van der Waals surface area contributed by atoms with Gasteiger partial charge in [0.1, 0.15) is 10.9 Å². The number of thioether (sulfide) groups is 1. The summed E-state index contributed by atoms with van der Waals surface area (Å²) < 4.78 is 0.501. The van der Waals surface area contributed by atoms with Gasteiger partial charge < -0.3 is 10.4 Å². The number of benzene rings is 1. The maximum absolute atomic E-state index is 11.9. The molecule has 0 aromatic heterocycles. The highest BCUT2D eigenvalue weighted by Crippen LogP contribution is 2.31. The van der Waals surface area contributed by atoms with Gasteiger partial charge in [-0.3, -0.25) is 19.3 Å². The second kappa shape index (κ2) is 6.71. The SMILES string of the molecule is CN1C(=O)/C(=C\c2ccc(C(=O)NCC(=O)O)cc2)SC1=S. The molecular formula is C14H12N2O4S2. The number of amides is 2. The molecule has 2 rings (SSSR count). The number of carbonyl (C=O) groups is 3. The maximum Gasteiger partial charge on any atom is 0.322 e. The Morgan fingerprint density at radius 1 is 1.36 bits per heavy atom. The van der Waals surface area contributed by atoms with Gasteiger partial charge >= 0.3 is 5.97 Å². The largest absolute Gasteiger partial charge is 0.480 e. The number of carboxylic acids is 1. The van der Waals surface area contributed by atoms with E-state index in [0.29, 0.717) is 14.8 Å². The van der Waals surface area contributed by atoms with Crippen molar-refractivity contribution in [2.75, 3.05) is 13.6 Å². The van der Waals surface area contributed by atoms with Crippen molar-refractivity contribution in [1.82, 2.24) is 10.2 Å². The van der Waals surface area contributed by atoms with Crippen LogP contribution in [0.3, 0.4) is 0 Å². The lowest BCUT2D eigenvalue weighted by atomic mass is 10.1. The summed E-state index contributed by atoms with van der Waals surface area (Å²) >= 11 is 6.27. The van der Waals surface area contributed by atoms with E-state index in [1.54, 1.807) is 37.4 Å². The molecule has 1 saturated heterocycles. The van der Waals surface area contributed by atoms with Crippen molar-refractivity contribution in [2.24, 2.45) is 0 Å². The van der Waals surface area contributed by atoms with Gasteiger partial charge in [-0.2, -0.15) is 0 Å². The molecule has 1 heterocycles. The van der Waals surface area contributed by atoms with Crippen LogP contribution in [0.25, 0.3) is 6.08 Å². The summed E-state index contributed by atoms with van der Waals surface area (Å²) in [6, 6.07) is 6.49. The number of nitrogens with one attached hydrogen (secondary N) is 1. The number of likely N-dealkylation sites (N-methyl/N-ethyl adjacent to an activating group) is 1. The molecule has 8 heteroatoms. The third-order valence-corrected chi connectivity index (χ3v) is 4.34. The number of carboxylic acid groups (broad SMARTS) is 1. The summed E-state index contributed by atoms with van der Waals surface area (Å²) in [6.45, 7) is -0.431. The topological polar surface area (TPSA) is 86.7 Å². The summed E-state index contributed by atoms with van der Waals surface area (Å²) in [5, 5.41) is 10.8. The molecule has 1 aliphatic heterocycles. The smallest absolute Gasteiger partial charge is 0.322 e. The van der Waals surface area contributed by atoms with Gasteiger partial charge in [0.25, 0.3) is 11.8 Å². The second-order valence-corrected chi connectivity index (χ2v) is 6.11. The first-order chi connectivity index (χ1) is 10.4. The third kappa shape index (κ3) is 3.71. The number of thiocarbonyl (C=S) groups is 1. The van der Waals surface area contributed by atoms with Crippen molar-refractivity contribution in [1.29, 1.82) is 0 Å². The Balaban J connectivity index is 2.10. The van der Waals surface area contributed by atoms with Gasteiger partial charge in [-0.15, -0.1) is 0 Å². The van der Waals surface area contributed by atoms with E-state index in [0.717, 1.165) is 5.56 Å². The maximum atomic E-state index is 11.9. The predicted molar refractivity (Wildman–Crippen MR) is 87.3 cm³/mol. The fraction of sp³-hybridized carbons (Fsp3) is 0.143. The van der Waals surface area contributed by atoms with Crippen LogP contribution in [0.15, 0.2) is 29.2 Å². The third-order valence-electron chi connectivity index (χ3n) is 2.86. The Morgan fingerprint density at radius 2 is 2.00 bits per heavy atom. The van der Waals surface area contributed by atoms with E-state index in [2.05, 4.69) is 5.32 Å². The molecule has 0 atom stereocenters. The van der Waals surface area contributed by atoms with E-state index in [-0.39, 0.29) is 5.91 Å². The molecule has 6 nitrogen and oxygen atoms in total. The number of carbonyl (C=O) groups excluding carboxylic acids is 2. The zero-order chi connectivity index (χ0) is 16.3. The number of aliphatic carboxylic acids is 1. The van der Waals surface area contributed by atoms with Crippen molar-refractivity contribution in [2.45, 2.75) is 0 Å². The van der Waals surface area contributed by atoms with Gasteiger partial charge in [0.15, 0.2) is 0 Å². The minimum absolute atomic E-state index is 0.154. The molecule has 0 saturated carbocycles. The minimum atomic E-state index is -1.11. The highest BCUT2D eigenvalue weighted by Gasteiger charge is 2.28. The predicted octanol–water partition coefficient (Wildman–Crippen LogP) is 1.33. The minimum Gasteiger partial charge on any atom is -0.480 e. The molecule has 22 heavy (non-hydrogen) atoms. The summed E-state index contributed by atoms with van der Waals surface area (Å²) in [5.41, 5.74) is 1.10. The van der Waals surface area contributed by atoms with E-state index in [1.807, 2.05) is 0 Å². The molecule has 1 aromatic rings. The molecule has 2 amide bonds. The molecule has 0 unspecified atom stereocenters. The van der Waals surface area contributed by atoms with Crippen LogP contribution in [0.5, 0.6) is 0 Å². The zero-order valence-electron chi connectivity index (χ0n) is 11.5. The number of hydrogen-bond donors (Lipinski definition) is 2. The molecule has 1 aliphatic rings. The van der Waals surface area contributed by atoms with Crippen molar-refractivity contribution in [3.63, 3.8) is 0 Å². The second-order valence-electron chi connectivity index (χ2n) is 4.44. The van der Waals surface area contributed by atoms with Gasteiger partial charge in [0.2, 0.25) is 0 Å². The van der Waals surface area contributed by atoms with E-state index in [9.17, 15) is 14.4 Å². The van der Waals surface area contributed by atoms with Crippen molar-refractivity contribution in [3.8, 4) is 0 Å². The molecule has 1 fully saturated rings. The van der Waals surface area contributed by atoms with Gasteiger partial charge in [-0.1, -0.05) is 36.1 Å². The summed E-state index contributed by atoms with van der Waals surface area (Å²) in [5.74, 6) is -1.72. The van der Waals surface area contributed by atoms with E-state index >= 15 is 0 Å². The van der Waals surface area contributed by atoms with Crippen LogP contribution in [0.1, 0.15) is 15.9 Å². The number of hydrogen-bond acceptors (Lipinski definition) is 5. The molecule has 0 radical (unpaired) electrons. The first-order valence-corrected chi connectivity index (χ1v) is 7.42. The standard InChI is InChI=1S/C14H12N2O4S2/c1-16-13(20)10(22-14(16)21)6-8-2-4-9(5-3-8)12(19)15-7-11(17)18/h2-6H,7H2,1H3,(H,15,19)(H,17,18)/b10-6+. The number of rotatable bonds is 4. The Bertz CT molecular complexity index is 683. The lowest BCUT2D eigenvalue weighted by Gasteiger charge is -2.04. The Hall–Kier alpha value is -2.19. The molecule has 0 bridgehead atoms. The fourth-order valence-corrected chi connectivity index (χ4v) is 2.87. The molecule has 2 N–H and O–H groups in total. The molecular weight excluding hydrogens is 324 g/mol. The van der Waals surface area contributed by atoms with Crippen LogP contribution in [-0.2, 0) is 9.59 Å². The molecule has 1 aromatic carbocycles. The van der Waals surface area contributed by atoms with E-state index < -0.39 is 18.4 Å².